The molecule has 4 N–H and O–H groups in total. The lowest BCUT2D eigenvalue weighted by Crippen LogP contribution is -2.68. The lowest BCUT2D eigenvalue weighted by molar-refractivity contribution is -0.136. The van der Waals surface area contributed by atoms with Gasteiger partial charge in [-0.25, -0.2) is 10.9 Å². The highest BCUT2D eigenvalue weighted by molar-refractivity contribution is 6.42. The minimum Gasteiger partial charge on any atom is -0.339 e. The van der Waals surface area contributed by atoms with E-state index < -0.39 is 18.0 Å². The lowest BCUT2D eigenvalue weighted by Gasteiger charge is -2.43. The highest BCUT2D eigenvalue weighted by atomic mass is 35.5. The Balaban J connectivity index is 1.54. The third-order valence-corrected chi connectivity index (χ3v) is 7.01. The van der Waals surface area contributed by atoms with Gasteiger partial charge in [-0.15, -0.1) is 0 Å². The van der Waals surface area contributed by atoms with Gasteiger partial charge in [0.05, 0.1) is 22.3 Å². The average molecular weight is 502 g/mol. The molecule has 2 aliphatic rings. The van der Waals surface area contributed by atoms with E-state index in [2.05, 4.69) is 26.7 Å². The Morgan fingerprint density at radius 1 is 1.06 bits per heavy atom. The summed E-state index contributed by atoms with van der Waals surface area (Å²) in [5, 5.41) is 7.66. The molecule has 1 heterocycles. The van der Waals surface area contributed by atoms with Gasteiger partial charge in [0.25, 0.3) is 11.8 Å². The lowest BCUT2D eigenvalue weighted by atomic mass is 9.72. The Bertz CT molecular complexity index is 1100. The van der Waals surface area contributed by atoms with Gasteiger partial charge in [0, 0.05) is 11.5 Å². The van der Waals surface area contributed by atoms with Crippen LogP contribution < -0.4 is 21.6 Å². The van der Waals surface area contributed by atoms with Crippen molar-refractivity contribution in [1.29, 1.82) is 0 Å². The van der Waals surface area contributed by atoms with Crippen LogP contribution in [0.3, 0.4) is 0 Å². The van der Waals surface area contributed by atoms with Gasteiger partial charge in [-0.1, -0.05) is 60.3 Å². The number of fused-ring (bicyclic) bond motifs is 1. The third-order valence-electron chi connectivity index (χ3n) is 6.28. The van der Waals surface area contributed by atoms with E-state index in [-0.39, 0.29) is 23.7 Å². The molecule has 10 heteroatoms. The summed E-state index contributed by atoms with van der Waals surface area (Å²) in [5.74, 6) is -1.26. The Hall–Kier alpha value is -2.94. The fourth-order valence-electron chi connectivity index (χ4n) is 4.56. The molecule has 4 atom stereocenters. The number of carbonyl (C=O) groups is 3. The minimum absolute atomic E-state index is 0.0767. The summed E-state index contributed by atoms with van der Waals surface area (Å²) in [6.07, 6.45) is 4.90. The van der Waals surface area contributed by atoms with Crippen molar-refractivity contribution in [3.8, 4) is 0 Å². The van der Waals surface area contributed by atoms with Gasteiger partial charge in [-0.05, 0) is 48.6 Å². The molecule has 1 aliphatic carbocycles. The number of benzene rings is 2. The summed E-state index contributed by atoms with van der Waals surface area (Å²) in [6.45, 7) is 0. The van der Waals surface area contributed by atoms with E-state index in [9.17, 15) is 14.4 Å². The highest BCUT2D eigenvalue weighted by Crippen LogP contribution is 2.35. The second kappa shape index (κ2) is 11.0. The summed E-state index contributed by atoms with van der Waals surface area (Å²) in [6, 6.07) is 12.2. The van der Waals surface area contributed by atoms with E-state index in [1.807, 2.05) is 6.07 Å². The molecule has 178 valence electrons. The molecule has 3 amide bonds. The summed E-state index contributed by atoms with van der Waals surface area (Å²) in [5.41, 5.74) is 9.25. The van der Waals surface area contributed by atoms with Crippen LogP contribution in [0.5, 0.6) is 0 Å². The maximum Gasteiger partial charge on any atom is 0.264 e. The largest absolute Gasteiger partial charge is 0.339 e. The molecule has 8 nitrogen and oxygen atoms in total. The first-order valence-electron chi connectivity index (χ1n) is 11.1. The van der Waals surface area contributed by atoms with Gasteiger partial charge in [0.15, 0.2) is 0 Å². The molecular weight excluding hydrogens is 477 g/mol. The molecule has 0 bridgehead atoms. The van der Waals surface area contributed by atoms with Crippen LogP contribution in [-0.2, 0) is 9.59 Å². The van der Waals surface area contributed by atoms with Gasteiger partial charge in [-0.2, -0.15) is 5.10 Å². The molecule has 1 saturated carbocycles. The maximum atomic E-state index is 13.2. The van der Waals surface area contributed by atoms with E-state index in [1.165, 1.54) is 6.21 Å². The number of hydrogen-bond donors (Lipinski definition) is 4. The van der Waals surface area contributed by atoms with E-state index in [1.54, 1.807) is 42.5 Å². The van der Waals surface area contributed by atoms with E-state index in [0.717, 1.165) is 25.7 Å². The second-order valence-electron chi connectivity index (χ2n) is 8.44. The fraction of sp³-hybridized carbons (Fsp3) is 0.333. The van der Waals surface area contributed by atoms with Crippen LogP contribution >= 0.6 is 23.2 Å². The number of halogens is 2. The van der Waals surface area contributed by atoms with Crippen LogP contribution in [0.2, 0.25) is 10.0 Å². The predicted octanol–water partition coefficient (Wildman–Crippen LogP) is 3.05. The fourth-order valence-corrected chi connectivity index (χ4v) is 4.87. The number of hydrazone groups is 1. The Labute approximate surface area is 207 Å². The SMILES string of the molecule is O=C(NC(C(=O)N/N=C/c1ccc(Cl)c(Cl)c1)C1NNC(=O)C2CCCCC21)c1ccccc1. The quantitative estimate of drug-likeness (QED) is 0.360. The topological polar surface area (TPSA) is 112 Å². The summed E-state index contributed by atoms with van der Waals surface area (Å²) in [4.78, 5) is 38.5. The van der Waals surface area contributed by atoms with Gasteiger partial charge in [0.2, 0.25) is 5.91 Å². The van der Waals surface area contributed by atoms with E-state index in [0.29, 0.717) is 21.2 Å². The first-order valence-corrected chi connectivity index (χ1v) is 11.9. The van der Waals surface area contributed by atoms with Gasteiger partial charge >= 0.3 is 0 Å². The first-order chi connectivity index (χ1) is 16.4. The number of carbonyl (C=O) groups excluding carboxylic acids is 3. The van der Waals surface area contributed by atoms with Gasteiger partial charge in [0.1, 0.15) is 6.04 Å². The average Bonchev–Trinajstić information content (AvgIpc) is 2.86. The standard InChI is InChI=1S/C24H25Cl2N5O3/c25-18-11-10-14(12-19(18)26)13-27-30-24(34)21(28-22(32)15-6-2-1-3-7-15)20-16-8-4-5-9-17(16)23(33)31-29-20/h1-3,6-7,10-13,16-17,20-21,29H,4-5,8-9H2,(H,28,32)(H,30,34)(H,31,33)/b27-13+. The normalized spacial score (nSPS) is 23.0. The van der Waals surface area contributed by atoms with Crippen LogP contribution in [0.25, 0.3) is 0 Å². The molecule has 0 aromatic heterocycles. The van der Waals surface area contributed by atoms with Gasteiger partial charge in [-0.3, -0.25) is 19.8 Å². The smallest absolute Gasteiger partial charge is 0.264 e. The summed E-state index contributed by atoms with van der Waals surface area (Å²) >= 11 is 12.0. The van der Waals surface area contributed by atoms with E-state index >= 15 is 0 Å². The zero-order chi connectivity index (χ0) is 24.1. The molecule has 1 saturated heterocycles. The summed E-state index contributed by atoms with van der Waals surface area (Å²) in [7, 11) is 0. The number of nitrogens with zero attached hydrogens (tertiary/aromatic N) is 1. The zero-order valence-electron chi connectivity index (χ0n) is 18.3. The van der Waals surface area contributed by atoms with Crippen molar-refractivity contribution in [2.45, 2.75) is 37.8 Å². The molecule has 2 aromatic carbocycles. The van der Waals surface area contributed by atoms with Crippen molar-refractivity contribution < 1.29 is 14.4 Å². The van der Waals surface area contributed by atoms with Crippen molar-refractivity contribution in [3.05, 3.63) is 69.7 Å². The molecule has 4 rings (SSSR count). The van der Waals surface area contributed by atoms with Crippen molar-refractivity contribution >= 4 is 47.1 Å². The predicted molar refractivity (Wildman–Crippen MR) is 130 cm³/mol. The highest BCUT2D eigenvalue weighted by Gasteiger charge is 2.45. The van der Waals surface area contributed by atoms with Crippen LogP contribution in [-0.4, -0.2) is 36.0 Å². The molecular formula is C24H25Cl2N5O3. The molecule has 34 heavy (non-hydrogen) atoms. The second-order valence-corrected chi connectivity index (χ2v) is 9.25. The number of amides is 3. The molecule has 1 aliphatic heterocycles. The third kappa shape index (κ3) is 5.58. The van der Waals surface area contributed by atoms with Crippen LogP contribution in [0, 0.1) is 11.8 Å². The zero-order valence-corrected chi connectivity index (χ0v) is 19.8. The molecule has 2 aromatic rings. The summed E-state index contributed by atoms with van der Waals surface area (Å²) < 4.78 is 0. The maximum absolute atomic E-state index is 13.2. The van der Waals surface area contributed by atoms with Crippen molar-refractivity contribution in [3.63, 3.8) is 0 Å². The van der Waals surface area contributed by atoms with Crippen LogP contribution in [0.1, 0.15) is 41.6 Å². The Morgan fingerprint density at radius 3 is 2.59 bits per heavy atom. The molecule has 2 fully saturated rings. The van der Waals surface area contributed by atoms with Crippen LogP contribution in [0.15, 0.2) is 53.6 Å². The van der Waals surface area contributed by atoms with Crippen molar-refractivity contribution in [2.24, 2.45) is 16.9 Å². The van der Waals surface area contributed by atoms with E-state index in [4.69, 9.17) is 23.2 Å². The minimum atomic E-state index is -0.968. The number of rotatable bonds is 6. The Kier molecular flexibility index (Phi) is 7.82. The first kappa shape index (κ1) is 24.2. The Morgan fingerprint density at radius 2 is 1.82 bits per heavy atom. The van der Waals surface area contributed by atoms with Crippen LogP contribution in [0.4, 0.5) is 0 Å². The number of hydrogen-bond acceptors (Lipinski definition) is 5. The molecule has 0 spiro atoms. The van der Waals surface area contributed by atoms with Crippen molar-refractivity contribution in [2.75, 3.05) is 0 Å². The monoisotopic (exact) mass is 501 g/mol. The van der Waals surface area contributed by atoms with Gasteiger partial charge < -0.3 is 5.32 Å². The molecule has 4 unspecified atom stereocenters. The number of hydrazine groups is 1. The number of nitrogens with one attached hydrogen (secondary N) is 4. The van der Waals surface area contributed by atoms with Crippen molar-refractivity contribution in [1.82, 2.24) is 21.6 Å². The molecule has 0 radical (unpaired) electrons.